The molecule has 1 aromatic carbocycles. The Morgan fingerprint density at radius 1 is 1.53 bits per heavy atom. The molecule has 3 atom stereocenters. The van der Waals surface area contributed by atoms with E-state index in [0.717, 1.165) is 0 Å². The van der Waals surface area contributed by atoms with E-state index in [2.05, 4.69) is 0 Å². The molecule has 1 aliphatic rings. The average molecular weight is 260 g/mol. The molecule has 17 heavy (non-hydrogen) atoms. The maximum atomic E-state index is 13.5. The average Bonchev–Trinajstić information content (AvgIpc) is 2.29. The van der Waals surface area contributed by atoms with Crippen molar-refractivity contribution in [1.29, 1.82) is 0 Å². The Bertz CT molecular complexity index is 382. The monoisotopic (exact) mass is 259 g/mol. The highest BCUT2D eigenvalue weighted by Gasteiger charge is 2.42. The summed E-state index contributed by atoms with van der Waals surface area (Å²) in [7, 11) is 0. The number of benzene rings is 1. The molecule has 0 aromatic heterocycles. The zero-order chi connectivity index (χ0) is 12.4. The third kappa shape index (κ3) is 2.54. The van der Waals surface area contributed by atoms with E-state index in [1.807, 2.05) is 6.92 Å². The molecule has 3 nitrogen and oxygen atoms in total. The first-order valence-corrected chi connectivity index (χ1v) is 5.99. The molecule has 94 valence electrons. The van der Waals surface area contributed by atoms with E-state index < -0.39 is 5.82 Å². The van der Waals surface area contributed by atoms with Crippen LogP contribution in [0.3, 0.4) is 0 Å². The van der Waals surface area contributed by atoms with Gasteiger partial charge >= 0.3 is 0 Å². The summed E-state index contributed by atoms with van der Waals surface area (Å²) < 4.78 is 24.5. The first-order chi connectivity index (χ1) is 8.13. The topological polar surface area (TPSA) is 44.5 Å². The van der Waals surface area contributed by atoms with Crippen molar-refractivity contribution in [2.45, 2.75) is 31.6 Å². The van der Waals surface area contributed by atoms with Crippen molar-refractivity contribution in [3.05, 3.63) is 29.0 Å². The van der Waals surface area contributed by atoms with Crippen molar-refractivity contribution in [2.24, 2.45) is 5.73 Å². The summed E-state index contributed by atoms with van der Waals surface area (Å²) in [5.41, 5.74) is 5.80. The van der Waals surface area contributed by atoms with Crippen LogP contribution < -0.4 is 10.5 Å². The third-order valence-corrected chi connectivity index (χ3v) is 3.14. The minimum absolute atomic E-state index is 0.0505. The maximum Gasteiger partial charge on any atom is 0.174 e. The highest BCUT2D eigenvalue weighted by Crippen LogP contribution is 2.33. The first-order valence-electron chi connectivity index (χ1n) is 5.61. The van der Waals surface area contributed by atoms with Gasteiger partial charge in [-0.15, -0.1) is 0 Å². The van der Waals surface area contributed by atoms with Crippen LogP contribution in [0.5, 0.6) is 5.75 Å². The van der Waals surface area contributed by atoms with Gasteiger partial charge in [-0.25, -0.2) is 4.39 Å². The van der Waals surface area contributed by atoms with Crippen LogP contribution in [0.15, 0.2) is 18.2 Å². The lowest BCUT2D eigenvalue weighted by Crippen LogP contribution is -2.59. The van der Waals surface area contributed by atoms with Crippen LogP contribution in [0.4, 0.5) is 4.39 Å². The Hall–Kier alpha value is -0.840. The van der Waals surface area contributed by atoms with E-state index in [0.29, 0.717) is 13.0 Å². The third-order valence-electron chi connectivity index (χ3n) is 2.84. The molecular weight excluding hydrogens is 245 g/mol. The van der Waals surface area contributed by atoms with Crippen molar-refractivity contribution in [3.63, 3.8) is 0 Å². The number of halogens is 2. The molecule has 0 aliphatic heterocycles. The van der Waals surface area contributed by atoms with E-state index in [1.165, 1.54) is 12.1 Å². The number of ether oxygens (including phenoxy) is 2. The molecule has 0 spiro atoms. The quantitative estimate of drug-likeness (QED) is 0.903. The maximum absolute atomic E-state index is 13.5. The molecule has 0 amide bonds. The Kier molecular flexibility index (Phi) is 3.86. The fraction of sp³-hybridized carbons (Fsp3) is 0.500. The zero-order valence-electron chi connectivity index (χ0n) is 9.53. The smallest absolute Gasteiger partial charge is 0.174 e. The Morgan fingerprint density at radius 3 is 2.88 bits per heavy atom. The molecule has 1 fully saturated rings. The van der Waals surface area contributed by atoms with Crippen LogP contribution in [0.1, 0.15) is 13.3 Å². The summed E-state index contributed by atoms with van der Waals surface area (Å²) in [4.78, 5) is 0. The van der Waals surface area contributed by atoms with Gasteiger partial charge < -0.3 is 15.2 Å². The molecule has 1 aliphatic carbocycles. The SMILES string of the molecule is CCOC1C(N)CC1Oc1c(F)cccc1Cl. The second kappa shape index (κ2) is 5.21. The van der Waals surface area contributed by atoms with Gasteiger partial charge in [-0.05, 0) is 19.1 Å². The Morgan fingerprint density at radius 2 is 2.29 bits per heavy atom. The molecule has 1 aromatic rings. The van der Waals surface area contributed by atoms with Crippen LogP contribution in [-0.4, -0.2) is 24.9 Å². The van der Waals surface area contributed by atoms with E-state index >= 15 is 0 Å². The van der Waals surface area contributed by atoms with Crippen LogP contribution in [0, 0.1) is 5.82 Å². The molecule has 5 heteroatoms. The first kappa shape index (κ1) is 12.6. The summed E-state index contributed by atoms with van der Waals surface area (Å²) in [5.74, 6) is -0.385. The number of nitrogens with two attached hydrogens (primary N) is 1. The normalized spacial score (nSPS) is 27.6. The highest BCUT2D eigenvalue weighted by molar-refractivity contribution is 6.32. The summed E-state index contributed by atoms with van der Waals surface area (Å²) >= 11 is 5.88. The van der Waals surface area contributed by atoms with E-state index in [4.69, 9.17) is 26.8 Å². The molecule has 0 radical (unpaired) electrons. The molecule has 2 N–H and O–H groups in total. The van der Waals surface area contributed by atoms with E-state index in [-0.39, 0.29) is 29.0 Å². The van der Waals surface area contributed by atoms with Crippen molar-refractivity contribution < 1.29 is 13.9 Å². The number of rotatable bonds is 4. The minimum atomic E-state index is -0.465. The Labute approximate surface area is 105 Å². The largest absolute Gasteiger partial charge is 0.483 e. The summed E-state index contributed by atoms with van der Waals surface area (Å²) in [5, 5.41) is 0.265. The van der Waals surface area contributed by atoms with Gasteiger partial charge in [0, 0.05) is 19.1 Å². The predicted molar refractivity (Wildman–Crippen MR) is 63.8 cm³/mol. The molecule has 0 saturated heterocycles. The van der Waals surface area contributed by atoms with Crippen LogP contribution in [0.25, 0.3) is 0 Å². The lowest BCUT2D eigenvalue weighted by Gasteiger charge is -2.41. The van der Waals surface area contributed by atoms with E-state index in [9.17, 15) is 4.39 Å². The van der Waals surface area contributed by atoms with Gasteiger partial charge in [-0.3, -0.25) is 0 Å². The van der Waals surface area contributed by atoms with Gasteiger partial charge in [-0.1, -0.05) is 17.7 Å². The van der Waals surface area contributed by atoms with Gasteiger partial charge in [0.2, 0.25) is 0 Å². The van der Waals surface area contributed by atoms with Gasteiger partial charge in [0.25, 0.3) is 0 Å². The fourth-order valence-electron chi connectivity index (χ4n) is 1.90. The van der Waals surface area contributed by atoms with Crippen molar-refractivity contribution >= 4 is 11.6 Å². The summed E-state index contributed by atoms with van der Waals surface area (Å²) in [6.07, 6.45) is 0.241. The molecular formula is C12H15ClFNO2. The second-order valence-corrected chi connectivity index (χ2v) is 4.43. The van der Waals surface area contributed by atoms with Crippen molar-refractivity contribution in [2.75, 3.05) is 6.61 Å². The lowest BCUT2D eigenvalue weighted by atomic mass is 9.86. The highest BCUT2D eigenvalue weighted by atomic mass is 35.5. The molecule has 3 unspecified atom stereocenters. The molecule has 0 heterocycles. The van der Waals surface area contributed by atoms with Crippen LogP contribution in [-0.2, 0) is 4.74 Å². The molecule has 1 saturated carbocycles. The second-order valence-electron chi connectivity index (χ2n) is 4.03. The molecule has 2 rings (SSSR count). The predicted octanol–water partition coefficient (Wildman–Crippen LogP) is 2.36. The van der Waals surface area contributed by atoms with Gasteiger partial charge in [-0.2, -0.15) is 0 Å². The lowest BCUT2D eigenvalue weighted by molar-refractivity contribution is -0.0954. The number of hydrogen-bond acceptors (Lipinski definition) is 3. The number of hydrogen-bond donors (Lipinski definition) is 1. The van der Waals surface area contributed by atoms with Gasteiger partial charge in [0.1, 0.15) is 12.2 Å². The Balaban J connectivity index is 2.06. The summed E-state index contributed by atoms with van der Waals surface area (Å²) in [6.45, 7) is 2.45. The zero-order valence-corrected chi connectivity index (χ0v) is 10.3. The minimum Gasteiger partial charge on any atom is -0.483 e. The van der Waals surface area contributed by atoms with E-state index in [1.54, 1.807) is 6.07 Å². The molecule has 0 bridgehead atoms. The van der Waals surface area contributed by atoms with Crippen molar-refractivity contribution in [1.82, 2.24) is 0 Å². The summed E-state index contributed by atoms with van der Waals surface area (Å²) in [6, 6.07) is 4.39. The number of para-hydroxylation sites is 1. The van der Waals surface area contributed by atoms with Crippen LogP contribution >= 0.6 is 11.6 Å². The van der Waals surface area contributed by atoms with Crippen molar-refractivity contribution in [3.8, 4) is 5.75 Å². The van der Waals surface area contributed by atoms with Crippen LogP contribution in [0.2, 0.25) is 5.02 Å². The van der Waals surface area contributed by atoms with Gasteiger partial charge in [0.15, 0.2) is 11.6 Å². The van der Waals surface area contributed by atoms with Gasteiger partial charge in [0.05, 0.1) is 5.02 Å². The fourth-order valence-corrected chi connectivity index (χ4v) is 2.11. The standard InChI is InChI=1S/C12H15ClFNO2/c1-2-16-12-9(15)6-10(12)17-11-7(13)4-3-5-8(11)14/h3-5,9-10,12H,2,6,15H2,1H3.